The lowest BCUT2D eigenvalue weighted by molar-refractivity contribution is 0.0701. The Morgan fingerprint density at radius 1 is 1.04 bits per heavy atom. The lowest BCUT2D eigenvalue weighted by Crippen LogP contribution is -2.06. The fourth-order valence-corrected chi connectivity index (χ4v) is 2.63. The van der Waals surface area contributed by atoms with Crippen molar-refractivity contribution in [1.29, 1.82) is 0 Å². The van der Waals surface area contributed by atoms with E-state index in [0.29, 0.717) is 22.8 Å². The number of carbonyl (C=O) groups excluding carboxylic acids is 2. The van der Waals surface area contributed by atoms with Crippen LogP contribution in [0.5, 0.6) is 17.2 Å². The zero-order valence-corrected chi connectivity index (χ0v) is 14.3. The van der Waals surface area contributed by atoms with E-state index in [1.807, 2.05) is 0 Å². The van der Waals surface area contributed by atoms with Gasteiger partial charge in [-0.25, -0.2) is 4.79 Å². The van der Waals surface area contributed by atoms with Crippen molar-refractivity contribution in [3.63, 3.8) is 0 Å². The third-order valence-electron chi connectivity index (χ3n) is 3.99. The van der Waals surface area contributed by atoms with Gasteiger partial charge in [-0.15, -0.1) is 0 Å². The van der Waals surface area contributed by atoms with Gasteiger partial charge >= 0.3 is 5.97 Å². The molecule has 0 fully saturated rings. The molecular weight excluding hydrogens is 348 g/mol. The highest BCUT2D eigenvalue weighted by Crippen LogP contribution is 2.34. The fourth-order valence-electron chi connectivity index (χ4n) is 2.63. The summed E-state index contributed by atoms with van der Waals surface area (Å²) in [6, 6.07) is 14.9. The minimum Gasteiger partial charge on any atom is -0.497 e. The van der Waals surface area contributed by atoms with E-state index < -0.39 is 5.97 Å². The molecule has 0 spiro atoms. The molecule has 0 radical (unpaired) electrons. The Bertz CT molecular complexity index is 1030. The van der Waals surface area contributed by atoms with Gasteiger partial charge in [0.25, 0.3) is 0 Å². The second kappa shape index (κ2) is 6.84. The highest BCUT2D eigenvalue weighted by molar-refractivity contribution is 6.14. The van der Waals surface area contributed by atoms with Gasteiger partial charge in [0.2, 0.25) is 11.5 Å². The normalized spacial score (nSPS) is 14.0. The SMILES string of the molecule is COc1ccc2c(c1)O/C(=C\c1ccc(OC(=O)c3ccco3)cc1)C2=O. The molecule has 2 aromatic carbocycles. The van der Waals surface area contributed by atoms with Gasteiger partial charge < -0.3 is 18.6 Å². The first-order valence-electron chi connectivity index (χ1n) is 8.12. The maximum absolute atomic E-state index is 12.4. The van der Waals surface area contributed by atoms with Crippen molar-refractivity contribution in [2.24, 2.45) is 0 Å². The molecule has 2 heterocycles. The van der Waals surface area contributed by atoms with Crippen LogP contribution in [0.4, 0.5) is 0 Å². The monoisotopic (exact) mass is 362 g/mol. The Morgan fingerprint density at radius 2 is 1.81 bits per heavy atom. The summed E-state index contributed by atoms with van der Waals surface area (Å²) in [5.41, 5.74) is 1.22. The number of methoxy groups -OCH3 is 1. The molecule has 3 aromatic rings. The van der Waals surface area contributed by atoms with Crippen LogP contribution in [0.2, 0.25) is 0 Å². The largest absolute Gasteiger partial charge is 0.497 e. The molecule has 0 aliphatic carbocycles. The second-order valence-corrected chi connectivity index (χ2v) is 5.74. The van der Waals surface area contributed by atoms with Gasteiger partial charge in [0, 0.05) is 6.07 Å². The van der Waals surface area contributed by atoms with Crippen molar-refractivity contribution in [2.75, 3.05) is 7.11 Å². The number of rotatable bonds is 4. The number of furan rings is 1. The summed E-state index contributed by atoms with van der Waals surface area (Å²) in [7, 11) is 1.55. The Labute approximate surface area is 154 Å². The summed E-state index contributed by atoms with van der Waals surface area (Å²) in [6.45, 7) is 0. The van der Waals surface area contributed by atoms with E-state index in [4.69, 9.17) is 18.6 Å². The van der Waals surface area contributed by atoms with Crippen LogP contribution in [-0.4, -0.2) is 18.9 Å². The maximum atomic E-state index is 12.4. The van der Waals surface area contributed by atoms with Crippen molar-refractivity contribution < 1.29 is 28.2 Å². The Morgan fingerprint density at radius 3 is 2.52 bits per heavy atom. The molecule has 0 atom stereocenters. The van der Waals surface area contributed by atoms with Crippen LogP contribution >= 0.6 is 0 Å². The van der Waals surface area contributed by atoms with Crippen LogP contribution in [0.3, 0.4) is 0 Å². The predicted molar refractivity (Wildman–Crippen MR) is 96.0 cm³/mol. The van der Waals surface area contributed by atoms with E-state index in [1.165, 1.54) is 12.3 Å². The van der Waals surface area contributed by atoms with Crippen LogP contribution in [0.25, 0.3) is 6.08 Å². The van der Waals surface area contributed by atoms with Crippen molar-refractivity contribution in [3.05, 3.63) is 83.5 Å². The van der Waals surface area contributed by atoms with E-state index in [0.717, 1.165) is 5.56 Å². The highest BCUT2D eigenvalue weighted by atomic mass is 16.5. The van der Waals surface area contributed by atoms with Gasteiger partial charge in [0.05, 0.1) is 18.9 Å². The van der Waals surface area contributed by atoms with Gasteiger partial charge in [-0.05, 0) is 48.0 Å². The number of esters is 1. The first kappa shape index (κ1) is 16.7. The van der Waals surface area contributed by atoms with Crippen molar-refractivity contribution >= 4 is 17.8 Å². The van der Waals surface area contributed by atoms with Gasteiger partial charge in [0.1, 0.15) is 17.2 Å². The molecule has 27 heavy (non-hydrogen) atoms. The molecule has 4 rings (SSSR count). The Kier molecular flexibility index (Phi) is 4.22. The quantitative estimate of drug-likeness (QED) is 0.395. The number of hydrogen-bond donors (Lipinski definition) is 0. The average molecular weight is 362 g/mol. The fraction of sp³-hybridized carbons (Fsp3) is 0.0476. The van der Waals surface area contributed by atoms with E-state index in [-0.39, 0.29) is 17.3 Å². The molecule has 0 saturated carbocycles. The lowest BCUT2D eigenvalue weighted by atomic mass is 10.1. The van der Waals surface area contributed by atoms with E-state index in [1.54, 1.807) is 61.7 Å². The number of benzene rings is 2. The molecule has 0 N–H and O–H groups in total. The maximum Gasteiger partial charge on any atom is 0.379 e. The number of carbonyl (C=O) groups is 2. The minimum absolute atomic E-state index is 0.124. The molecule has 1 aromatic heterocycles. The molecule has 6 heteroatoms. The van der Waals surface area contributed by atoms with Crippen molar-refractivity contribution in [2.45, 2.75) is 0 Å². The van der Waals surface area contributed by atoms with Gasteiger partial charge in [0.15, 0.2) is 5.76 Å². The number of hydrogen-bond acceptors (Lipinski definition) is 6. The average Bonchev–Trinajstić information content (AvgIpc) is 3.32. The first-order chi connectivity index (χ1) is 13.1. The smallest absolute Gasteiger partial charge is 0.379 e. The summed E-state index contributed by atoms with van der Waals surface area (Å²) < 4.78 is 21.0. The molecule has 1 aliphatic heterocycles. The molecule has 0 saturated heterocycles. The summed E-state index contributed by atoms with van der Waals surface area (Å²) in [4.78, 5) is 24.3. The third-order valence-corrected chi connectivity index (χ3v) is 3.99. The molecule has 0 unspecified atom stereocenters. The third kappa shape index (κ3) is 3.32. The van der Waals surface area contributed by atoms with Crippen molar-refractivity contribution in [1.82, 2.24) is 0 Å². The highest BCUT2D eigenvalue weighted by Gasteiger charge is 2.27. The lowest BCUT2D eigenvalue weighted by Gasteiger charge is -2.03. The zero-order valence-electron chi connectivity index (χ0n) is 14.3. The van der Waals surface area contributed by atoms with Crippen LogP contribution in [0.15, 0.2) is 71.0 Å². The van der Waals surface area contributed by atoms with Crippen LogP contribution in [-0.2, 0) is 0 Å². The first-order valence-corrected chi connectivity index (χ1v) is 8.12. The summed E-state index contributed by atoms with van der Waals surface area (Å²) >= 11 is 0. The van der Waals surface area contributed by atoms with Crippen LogP contribution < -0.4 is 14.2 Å². The number of Topliss-reactive ketones (excluding diaryl/α,β-unsaturated/α-hetero) is 1. The standard InChI is InChI=1S/C21H14O6/c1-24-15-8-9-16-18(12-15)27-19(20(16)22)11-13-4-6-14(7-5-13)26-21(23)17-3-2-10-25-17/h2-12H,1H3/b19-11-. The van der Waals surface area contributed by atoms with Gasteiger partial charge in [-0.2, -0.15) is 0 Å². The Balaban J connectivity index is 1.50. The molecule has 0 bridgehead atoms. The number of allylic oxidation sites excluding steroid dienone is 1. The minimum atomic E-state index is -0.579. The predicted octanol–water partition coefficient (Wildman–Crippen LogP) is 4.12. The number of ether oxygens (including phenoxy) is 3. The zero-order chi connectivity index (χ0) is 18.8. The van der Waals surface area contributed by atoms with E-state index in [2.05, 4.69) is 0 Å². The summed E-state index contributed by atoms with van der Waals surface area (Å²) in [5, 5.41) is 0. The van der Waals surface area contributed by atoms with Crippen molar-refractivity contribution in [3.8, 4) is 17.2 Å². The molecule has 0 amide bonds. The van der Waals surface area contributed by atoms with Gasteiger partial charge in [-0.3, -0.25) is 4.79 Å². The summed E-state index contributed by atoms with van der Waals surface area (Å²) in [5.74, 6) is 1.02. The number of ketones is 1. The Hall–Kier alpha value is -3.80. The second-order valence-electron chi connectivity index (χ2n) is 5.74. The van der Waals surface area contributed by atoms with Crippen LogP contribution in [0.1, 0.15) is 26.5 Å². The van der Waals surface area contributed by atoms with Crippen LogP contribution in [0, 0.1) is 0 Å². The number of fused-ring (bicyclic) bond motifs is 1. The molecule has 6 nitrogen and oxygen atoms in total. The topological polar surface area (TPSA) is 75.0 Å². The molecule has 1 aliphatic rings. The summed E-state index contributed by atoms with van der Waals surface area (Å²) in [6.07, 6.45) is 3.03. The van der Waals surface area contributed by atoms with E-state index >= 15 is 0 Å². The molecule has 134 valence electrons. The van der Waals surface area contributed by atoms with Gasteiger partial charge in [-0.1, -0.05) is 12.1 Å². The van der Waals surface area contributed by atoms with E-state index in [9.17, 15) is 9.59 Å². The molecular formula is C21H14O6.